The predicted molar refractivity (Wildman–Crippen MR) is 97.9 cm³/mol. The third kappa shape index (κ3) is 6.67. The highest BCUT2D eigenvalue weighted by Gasteiger charge is 2.37. The van der Waals surface area contributed by atoms with E-state index in [9.17, 15) is 39.6 Å². The number of nitrogens with one attached hydrogen (secondary N) is 2. The number of methoxy groups -OCH3 is 1. The Bertz CT molecular complexity index is 1020. The molecule has 2 aromatic carbocycles. The number of hydrogen-bond donors (Lipinski definition) is 2. The average Bonchev–Trinajstić information content (AvgIpc) is 2.66. The molecular formula is C18H16F6N2O4S. The van der Waals surface area contributed by atoms with Gasteiger partial charge in [0.25, 0.3) is 5.91 Å². The van der Waals surface area contributed by atoms with E-state index in [0.717, 1.165) is 18.2 Å². The second kappa shape index (κ2) is 9.24. The van der Waals surface area contributed by atoms with Gasteiger partial charge in [0, 0.05) is 24.9 Å². The van der Waals surface area contributed by atoms with Gasteiger partial charge < -0.3 is 10.1 Å². The Morgan fingerprint density at radius 2 is 1.55 bits per heavy atom. The molecule has 0 heterocycles. The Balaban J connectivity index is 2.34. The zero-order valence-corrected chi connectivity index (χ0v) is 16.6. The van der Waals surface area contributed by atoms with Crippen molar-refractivity contribution in [2.45, 2.75) is 17.2 Å². The second-order valence-electron chi connectivity index (χ2n) is 6.17. The quantitative estimate of drug-likeness (QED) is 0.475. The zero-order chi connectivity index (χ0) is 23.4. The van der Waals surface area contributed by atoms with Gasteiger partial charge in [-0.3, -0.25) is 4.79 Å². The summed E-state index contributed by atoms with van der Waals surface area (Å²) in [7, 11) is -2.66. The molecule has 2 rings (SSSR count). The molecule has 13 heteroatoms. The van der Waals surface area contributed by atoms with Gasteiger partial charge >= 0.3 is 12.4 Å². The predicted octanol–water partition coefficient (Wildman–Crippen LogP) is 3.90. The van der Waals surface area contributed by atoms with Gasteiger partial charge in [-0.1, -0.05) is 6.07 Å². The number of rotatable bonds is 7. The lowest BCUT2D eigenvalue weighted by molar-refractivity contribution is -0.143. The number of anilines is 1. The van der Waals surface area contributed by atoms with Crippen LogP contribution >= 0.6 is 0 Å². The molecule has 2 aromatic rings. The molecule has 0 aliphatic heterocycles. The largest absolute Gasteiger partial charge is 0.416 e. The average molecular weight is 470 g/mol. The Morgan fingerprint density at radius 1 is 0.968 bits per heavy atom. The minimum absolute atomic E-state index is 0.0558. The molecule has 0 aliphatic carbocycles. The fourth-order valence-corrected chi connectivity index (χ4v) is 3.45. The first-order chi connectivity index (χ1) is 14.2. The summed E-state index contributed by atoms with van der Waals surface area (Å²) in [4.78, 5) is 12.0. The molecule has 1 amide bonds. The van der Waals surface area contributed by atoms with Crippen LogP contribution in [0, 0.1) is 0 Å². The van der Waals surface area contributed by atoms with Crippen molar-refractivity contribution < 1.29 is 44.3 Å². The van der Waals surface area contributed by atoms with Crippen LogP contribution < -0.4 is 10.0 Å². The summed E-state index contributed by atoms with van der Waals surface area (Å²) in [6.45, 7) is 0.0240. The van der Waals surface area contributed by atoms with Crippen molar-refractivity contribution in [3.05, 3.63) is 59.2 Å². The van der Waals surface area contributed by atoms with Crippen LogP contribution in [0.25, 0.3) is 0 Å². The molecule has 0 aliphatic rings. The summed E-state index contributed by atoms with van der Waals surface area (Å²) in [6, 6.07) is 5.07. The van der Waals surface area contributed by atoms with Gasteiger partial charge in [0.05, 0.1) is 22.6 Å². The Hall–Kier alpha value is -2.64. The van der Waals surface area contributed by atoms with Crippen LogP contribution in [0.3, 0.4) is 0 Å². The molecule has 170 valence electrons. The van der Waals surface area contributed by atoms with Gasteiger partial charge in [0.1, 0.15) is 0 Å². The van der Waals surface area contributed by atoms with E-state index in [4.69, 9.17) is 4.74 Å². The zero-order valence-electron chi connectivity index (χ0n) is 15.8. The van der Waals surface area contributed by atoms with Crippen molar-refractivity contribution in [3.63, 3.8) is 0 Å². The van der Waals surface area contributed by atoms with Crippen LogP contribution in [0.5, 0.6) is 0 Å². The number of alkyl halides is 6. The lowest BCUT2D eigenvalue weighted by atomic mass is 10.1. The van der Waals surface area contributed by atoms with E-state index in [2.05, 4.69) is 4.72 Å². The molecule has 0 bridgehead atoms. The van der Waals surface area contributed by atoms with Gasteiger partial charge in [-0.15, -0.1) is 0 Å². The van der Waals surface area contributed by atoms with Crippen LogP contribution in [0.15, 0.2) is 47.4 Å². The summed E-state index contributed by atoms with van der Waals surface area (Å²) in [6.07, 6.45) is -10.2. The SMILES string of the molecule is COCCNS(=O)(=O)c1cccc(C(=O)Nc2cc(C(F)(F)F)cc(C(F)(F)F)c2)c1. The number of benzene rings is 2. The molecular weight excluding hydrogens is 454 g/mol. The number of carbonyl (C=O) groups is 1. The Labute approximate surface area is 173 Å². The molecule has 6 nitrogen and oxygen atoms in total. The minimum atomic E-state index is -5.08. The lowest BCUT2D eigenvalue weighted by Crippen LogP contribution is -2.27. The van der Waals surface area contributed by atoms with Crippen LogP contribution in [0.1, 0.15) is 21.5 Å². The van der Waals surface area contributed by atoms with Crippen molar-refractivity contribution >= 4 is 21.6 Å². The van der Waals surface area contributed by atoms with Crippen molar-refractivity contribution in [3.8, 4) is 0 Å². The van der Waals surface area contributed by atoms with Gasteiger partial charge in [0.15, 0.2) is 0 Å². The number of sulfonamides is 1. The topological polar surface area (TPSA) is 84.5 Å². The van der Waals surface area contributed by atoms with Gasteiger partial charge in [0.2, 0.25) is 10.0 Å². The molecule has 0 aromatic heterocycles. The summed E-state index contributed by atoms with van der Waals surface area (Å²) in [5.74, 6) is -1.10. The highest BCUT2D eigenvalue weighted by Crippen LogP contribution is 2.37. The van der Waals surface area contributed by atoms with Crippen LogP contribution in [0.4, 0.5) is 32.0 Å². The van der Waals surface area contributed by atoms with Gasteiger partial charge in [-0.25, -0.2) is 13.1 Å². The van der Waals surface area contributed by atoms with Crippen LogP contribution in [0.2, 0.25) is 0 Å². The lowest BCUT2D eigenvalue weighted by Gasteiger charge is -2.15. The normalized spacial score (nSPS) is 12.6. The molecule has 0 spiro atoms. The molecule has 31 heavy (non-hydrogen) atoms. The third-order valence-corrected chi connectivity index (χ3v) is 5.31. The summed E-state index contributed by atoms with van der Waals surface area (Å²) < 4.78 is 109. The van der Waals surface area contributed by atoms with Crippen LogP contribution in [-0.2, 0) is 27.1 Å². The van der Waals surface area contributed by atoms with E-state index in [1.54, 1.807) is 0 Å². The maximum Gasteiger partial charge on any atom is 0.416 e. The van der Waals surface area contributed by atoms with E-state index in [1.165, 1.54) is 13.2 Å². The van der Waals surface area contributed by atoms with Gasteiger partial charge in [-0.2, -0.15) is 26.3 Å². The van der Waals surface area contributed by atoms with Crippen molar-refractivity contribution in [2.75, 3.05) is 25.6 Å². The van der Waals surface area contributed by atoms with Crippen LogP contribution in [-0.4, -0.2) is 34.6 Å². The van der Waals surface area contributed by atoms with Crippen molar-refractivity contribution in [1.82, 2.24) is 4.72 Å². The smallest absolute Gasteiger partial charge is 0.383 e. The standard InChI is InChI=1S/C18H16F6N2O4S/c1-30-6-5-25-31(28,29)15-4-2-3-11(7-15)16(27)26-14-9-12(17(19,20)21)8-13(10-14)18(22,23)24/h2-4,7-10,25H,5-6H2,1H3,(H,26,27). The van der Waals surface area contributed by atoms with E-state index in [1.807, 2.05) is 5.32 Å². The first-order valence-corrected chi connectivity index (χ1v) is 9.92. The van der Waals surface area contributed by atoms with E-state index >= 15 is 0 Å². The summed E-state index contributed by atoms with van der Waals surface area (Å²) in [5, 5.41) is 1.94. The maximum atomic E-state index is 12.9. The summed E-state index contributed by atoms with van der Waals surface area (Å²) in [5.41, 5.74) is -4.24. The number of hydrogen-bond acceptors (Lipinski definition) is 4. The molecule has 2 N–H and O–H groups in total. The van der Waals surface area contributed by atoms with Crippen molar-refractivity contribution in [1.29, 1.82) is 0 Å². The van der Waals surface area contributed by atoms with Crippen molar-refractivity contribution in [2.24, 2.45) is 0 Å². The highest BCUT2D eigenvalue weighted by molar-refractivity contribution is 7.89. The second-order valence-corrected chi connectivity index (χ2v) is 7.93. The minimum Gasteiger partial charge on any atom is -0.383 e. The first-order valence-electron chi connectivity index (χ1n) is 8.43. The van der Waals surface area contributed by atoms with E-state index in [-0.39, 0.29) is 29.7 Å². The monoisotopic (exact) mass is 470 g/mol. The number of ether oxygens (including phenoxy) is 1. The molecule has 0 saturated carbocycles. The molecule has 0 unspecified atom stereocenters. The molecule has 0 atom stereocenters. The highest BCUT2D eigenvalue weighted by atomic mass is 32.2. The fourth-order valence-electron chi connectivity index (χ4n) is 2.40. The van der Waals surface area contributed by atoms with E-state index in [0.29, 0.717) is 12.1 Å². The Kier molecular flexibility index (Phi) is 7.34. The molecule has 0 saturated heterocycles. The van der Waals surface area contributed by atoms with E-state index < -0.39 is 45.1 Å². The number of amides is 1. The third-order valence-electron chi connectivity index (χ3n) is 3.85. The number of halogens is 6. The molecule has 0 fully saturated rings. The Morgan fingerprint density at radius 3 is 2.06 bits per heavy atom. The summed E-state index contributed by atoms with van der Waals surface area (Å²) >= 11 is 0. The first kappa shape index (κ1) is 24.6. The fraction of sp³-hybridized carbons (Fsp3) is 0.278. The number of carbonyl (C=O) groups excluding carboxylic acids is 1. The maximum absolute atomic E-state index is 12.9. The molecule has 0 radical (unpaired) electrons. The van der Waals surface area contributed by atoms with Gasteiger partial charge in [-0.05, 0) is 36.4 Å².